The summed E-state index contributed by atoms with van der Waals surface area (Å²) in [5.41, 5.74) is 0.844. The van der Waals surface area contributed by atoms with Gasteiger partial charge in [0, 0.05) is 25.7 Å². The van der Waals surface area contributed by atoms with Crippen molar-refractivity contribution in [1.29, 1.82) is 0 Å². The number of aliphatic carboxylic acids is 1. The summed E-state index contributed by atoms with van der Waals surface area (Å²) in [6, 6.07) is 6.59. The normalized spacial score (nSPS) is 29.9. The molecule has 0 amide bonds. The van der Waals surface area contributed by atoms with Crippen LogP contribution in [0.1, 0.15) is 18.9 Å². The quantitative estimate of drug-likeness (QED) is 0.853. The van der Waals surface area contributed by atoms with Crippen LogP contribution < -0.4 is 0 Å². The molecule has 2 heterocycles. The molecule has 0 radical (unpaired) electrons. The number of likely N-dealkylation sites (tertiary alicyclic amines) is 2. The first kappa shape index (κ1) is 15.4. The SMILES string of the molecule is C[C@@H](CN1C[C@H]2C[C@@H]1C(O)N2Cc1cccc(F)c1)C(=O)O. The fourth-order valence-corrected chi connectivity index (χ4v) is 3.60. The predicted octanol–water partition coefficient (Wildman–Crippen LogP) is 1.12. The molecule has 1 aromatic carbocycles. The third kappa shape index (κ3) is 2.86. The minimum absolute atomic E-state index is 0.0274. The zero-order valence-corrected chi connectivity index (χ0v) is 12.5. The first-order valence-electron chi connectivity index (χ1n) is 7.61. The van der Waals surface area contributed by atoms with Crippen LogP contribution in [0.5, 0.6) is 0 Å². The molecule has 2 aliphatic heterocycles. The van der Waals surface area contributed by atoms with Crippen LogP contribution >= 0.6 is 0 Å². The minimum Gasteiger partial charge on any atom is -0.481 e. The summed E-state index contributed by atoms with van der Waals surface area (Å²) >= 11 is 0. The lowest BCUT2D eigenvalue weighted by molar-refractivity contribution is -0.142. The number of nitrogens with zero attached hydrogens (tertiary/aromatic N) is 2. The van der Waals surface area contributed by atoms with Crippen molar-refractivity contribution in [3.63, 3.8) is 0 Å². The zero-order valence-electron chi connectivity index (χ0n) is 12.5. The van der Waals surface area contributed by atoms with Crippen molar-refractivity contribution >= 4 is 5.97 Å². The second kappa shape index (κ2) is 5.95. The van der Waals surface area contributed by atoms with Crippen molar-refractivity contribution in [2.45, 2.75) is 38.2 Å². The fraction of sp³-hybridized carbons (Fsp3) is 0.562. The summed E-state index contributed by atoms with van der Waals surface area (Å²) in [6.07, 6.45) is 0.214. The number of rotatable bonds is 5. The summed E-state index contributed by atoms with van der Waals surface area (Å²) in [5.74, 6) is -1.52. The van der Waals surface area contributed by atoms with Crippen molar-refractivity contribution in [2.24, 2.45) is 5.92 Å². The van der Waals surface area contributed by atoms with Crippen LogP contribution in [0.4, 0.5) is 4.39 Å². The van der Waals surface area contributed by atoms with Crippen molar-refractivity contribution < 1.29 is 19.4 Å². The van der Waals surface area contributed by atoms with Crippen LogP contribution in [0.2, 0.25) is 0 Å². The third-order valence-electron chi connectivity index (χ3n) is 4.76. The van der Waals surface area contributed by atoms with Crippen LogP contribution in [-0.4, -0.2) is 57.4 Å². The number of aliphatic hydroxyl groups excluding tert-OH is 1. The van der Waals surface area contributed by atoms with E-state index in [0.29, 0.717) is 13.1 Å². The summed E-state index contributed by atoms with van der Waals surface area (Å²) < 4.78 is 13.3. The van der Waals surface area contributed by atoms with E-state index in [1.165, 1.54) is 12.1 Å². The summed E-state index contributed by atoms with van der Waals surface area (Å²) in [4.78, 5) is 15.0. The molecule has 5 nitrogen and oxygen atoms in total. The van der Waals surface area contributed by atoms with E-state index in [-0.39, 0.29) is 17.9 Å². The number of aliphatic hydroxyl groups is 1. The first-order chi connectivity index (χ1) is 10.5. The summed E-state index contributed by atoms with van der Waals surface area (Å²) in [5, 5.41) is 19.5. The van der Waals surface area contributed by atoms with E-state index < -0.39 is 18.1 Å². The van der Waals surface area contributed by atoms with Gasteiger partial charge in [0.1, 0.15) is 12.0 Å². The number of benzene rings is 1. The highest BCUT2D eigenvalue weighted by Crippen LogP contribution is 2.36. The Morgan fingerprint density at radius 1 is 1.50 bits per heavy atom. The zero-order chi connectivity index (χ0) is 15.9. The third-order valence-corrected chi connectivity index (χ3v) is 4.76. The van der Waals surface area contributed by atoms with Gasteiger partial charge in [-0.25, -0.2) is 4.39 Å². The molecular weight excluding hydrogens is 287 g/mol. The Kier molecular flexibility index (Phi) is 4.16. The Morgan fingerprint density at radius 2 is 2.27 bits per heavy atom. The van der Waals surface area contributed by atoms with E-state index >= 15 is 0 Å². The topological polar surface area (TPSA) is 64.0 Å². The fourth-order valence-electron chi connectivity index (χ4n) is 3.60. The number of hydrogen-bond acceptors (Lipinski definition) is 4. The van der Waals surface area contributed by atoms with Gasteiger partial charge in [0.25, 0.3) is 0 Å². The van der Waals surface area contributed by atoms with Gasteiger partial charge in [-0.15, -0.1) is 0 Å². The lowest BCUT2D eigenvalue weighted by atomic mass is 10.1. The van der Waals surface area contributed by atoms with E-state index in [1.807, 2.05) is 11.0 Å². The molecule has 2 bridgehead atoms. The lowest BCUT2D eigenvalue weighted by Gasteiger charge is -2.38. The van der Waals surface area contributed by atoms with Crippen molar-refractivity contribution in [1.82, 2.24) is 9.80 Å². The molecule has 2 aliphatic rings. The number of carbonyl (C=O) groups is 1. The molecule has 2 fully saturated rings. The van der Waals surface area contributed by atoms with Gasteiger partial charge >= 0.3 is 5.97 Å². The number of halogens is 1. The summed E-state index contributed by atoms with van der Waals surface area (Å²) in [7, 11) is 0. The molecule has 6 heteroatoms. The molecule has 0 spiro atoms. The first-order valence-corrected chi connectivity index (χ1v) is 7.61. The maximum absolute atomic E-state index is 13.3. The number of hydrogen-bond donors (Lipinski definition) is 2. The van der Waals surface area contributed by atoms with Crippen LogP contribution in [0.25, 0.3) is 0 Å². The van der Waals surface area contributed by atoms with Crippen LogP contribution in [0, 0.1) is 11.7 Å². The Labute approximate surface area is 129 Å². The van der Waals surface area contributed by atoms with Crippen LogP contribution in [0.15, 0.2) is 24.3 Å². The number of piperazine rings is 1. The van der Waals surface area contributed by atoms with Gasteiger partial charge in [0.05, 0.1) is 12.0 Å². The maximum atomic E-state index is 13.3. The Hall–Kier alpha value is -1.50. The van der Waals surface area contributed by atoms with Crippen LogP contribution in [-0.2, 0) is 11.3 Å². The highest BCUT2D eigenvalue weighted by molar-refractivity contribution is 5.69. The molecule has 22 heavy (non-hydrogen) atoms. The van der Waals surface area contributed by atoms with Crippen molar-refractivity contribution in [2.75, 3.05) is 13.1 Å². The van der Waals surface area contributed by atoms with E-state index in [9.17, 15) is 14.3 Å². The van der Waals surface area contributed by atoms with E-state index in [2.05, 4.69) is 4.90 Å². The van der Waals surface area contributed by atoms with Gasteiger partial charge in [0.2, 0.25) is 0 Å². The summed E-state index contributed by atoms with van der Waals surface area (Å²) in [6.45, 7) is 3.42. The average Bonchev–Trinajstić information content (AvgIpc) is 2.98. The molecule has 1 aromatic rings. The molecule has 0 aliphatic carbocycles. The Morgan fingerprint density at radius 3 is 2.91 bits per heavy atom. The van der Waals surface area contributed by atoms with Gasteiger partial charge in [-0.1, -0.05) is 19.1 Å². The Balaban J connectivity index is 1.64. The standard InChI is InChI=1S/C16H21FN2O3/c1-10(16(21)22)7-18-9-13-6-14(18)15(20)19(13)8-11-3-2-4-12(17)5-11/h2-5,10,13-15,20H,6-9H2,1H3,(H,21,22)/t10-,13+,14+,15?/m0/s1. The lowest BCUT2D eigenvalue weighted by Crippen LogP contribution is -2.53. The van der Waals surface area contributed by atoms with Gasteiger partial charge in [-0.2, -0.15) is 0 Å². The highest BCUT2D eigenvalue weighted by atomic mass is 19.1. The molecule has 2 N–H and O–H groups in total. The molecule has 0 saturated carbocycles. The second-order valence-corrected chi connectivity index (χ2v) is 6.37. The monoisotopic (exact) mass is 308 g/mol. The van der Waals surface area contributed by atoms with Crippen LogP contribution in [0.3, 0.4) is 0 Å². The van der Waals surface area contributed by atoms with E-state index in [1.54, 1.807) is 13.0 Å². The van der Waals surface area contributed by atoms with Gasteiger partial charge < -0.3 is 10.2 Å². The maximum Gasteiger partial charge on any atom is 0.307 e. The highest BCUT2D eigenvalue weighted by Gasteiger charge is 2.49. The second-order valence-electron chi connectivity index (χ2n) is 6.37. The predicted molar refractivity (Wildman–Crippen MR) is 78.5 cm³/mol. The molecular formula is C16H21FN2O3. The minimum atomic E-state index is -0.811. The Bertz CT molecular complexity index is 566. The molecule has 3 rings (SSSR count). The number of carboxylic acid groups (broad SMARTS) is 1. The largest absolute Gasteiger partial charge is 0.481 e. The van der Waals surface area contributed by atoms with Gasteiger partial charge in [-0.3, -0.25) is 14.6 Å². The van der Waals surface area contributed by atoms with E-state index in [4.69, 9.17) is 5.11 Å². The molecule has 120 valence electrons. The number of fused-ring (bicyclic) bond motifs is 2. The number of carboxylic acids is 1. The van der Waals surface area contributed by atoms with Crippen molar-refractivity contribution in [3.05, 3.63) is 35.6 Å². The molecule has 0 aromatic heterocycles. The van der Waals surface area contributed by atoms with Crippen molar-refractivity contribution in [3.8, 4) is 0 Å². The van der Waals surface area contributed by atoms with Gasteiger partial charge in [0.15, 0.2) is 0 Å². The molecule has 1 unspecified atom stereocenters. The van der Waals surface area contributed by atoms with Gasteiger partial charge in [-0.05, 0) is 24.1 Å². The van der Waals surface area contributed by atoms with E-state index in [0.717, 1.165) is 18.5 Å². The smallest absolute Gasteiger partial charge is 0.307 e. The molecule has 4 atom stereocenters. The molecule has 2 saturated heterocycles. The average molecular weight is 308 g/mol.